The minimum Gasteiger partial charge on any atom is -0.493 e. The van der Waals surface area contributed by atoms with Gasteiger partial charge in [0.2, 0.25) is 0 Å². The molecule has 166 valence electrons. The number of nitrogens with zero attached hydrogens (tertiary/aromatic N) is 1. The molecule has 0 radical (unpaired) electrons. The maximum absolute atomic E-state index is 12.7. The Bertz CT molecular complexity index is 804. The van der Waals surface area contributed by atoms with Gasteiger partial charge >= 0.3 is 6.09 Å². The van der Waals surface area contributed by atoms with Gasteiger partial charge in [-0.3, -0.25) is 0 Å². The minimum absolute atomic E-state index is 0.00145. The highest BCUT2D eigenvalue weighted by Crippen LogP contribution is 2.33. The molecule has 1 saturated heterocycles. The maximum atomic E-state index is 12.7. The Labute approximate surface area is 178 Å². The van der Waals surface area contributed by atoms with Crippen molar-refractivity contribution in [2.24, 2.45) is 0 Å². The van der Waals surface area contributed by atoms with E-state index in [0.29, 0.717) is 30.4 Å². The molecule has 1 aromatic carbocycles. The van der Waals surface area contributed by atoms with E-state index in [9.17, 15) is 4.79 Å². The van der Waals surface area contributed by atoms with Crippen molar-refractivity contribution in [3.05, 3.63) is 30.0 Å². The molecule has 2 heterocycles. The first-order valence-electron chi connectivity index (χ1n) is 10.2. The average molecular weight is 420 g/mol. The molecule has 1 fully saturated rings. The van der Waals surface area contributed by atoms with Crippen molar-refractivity contribution in [1.82, 2.24) is 15.8 Å². The first-order chi connectivity index (χ1) is 14.1. The second-order valence-electron chi connectivity index (χ2n) is 8.84. The van der Waals surface area contributed by atoms with E-state index in [0.717, 1.165) is 18.5 Å². The zero-order valence-corrected chi connectivity index (χ0v) is 18.7. The van der Waals surface area contributed by atoms with Crippen LogP contribution in [0, 0.1) is 0 Å². The number of carbonyl (C=O) groups is 1. The smallest absolute Gasteiger partial charge is 0.410 e. The van der Waals surface area contributed by atoms with Crippen LogP contribution in [0.25, 0.3) is 0 Å². The topological polar surface area (TPSA) is 81.3 Å². The Morgan fingerprint density at radius 1 is 1.23 bits per heavy atom. The summed E-state index contributed by atoms with van der Waals surface area (Å²) in [5.74, 6) is 1.95. The van der Waals surface area contributed by atoms with Crippen molar-refractivity contribution < 1.29 is 23.7 Å². The number of benzene rings is 1. The molecule has 0 saturated carbocycles. The fraction of sp³-hybridized carbons (Fsp3) is 0.591. The van der Waals surface area contributed by atoms with Crippen LogP contribution in [-0.2, 0) is 4.74 Å². The molecule has 1 unspecified atom stereocenters. The zero-order valence-electron chi connectivity index (χ0n) is 18.7. The zero-order chi connectivity index (χ0) is 21.9. The number of nitrogens with one attached hydrogen (secondary N) is 2. The van der Waals surface area contributed by atoms with Crippen molar-refractivity contribution in [2.75, 3.05) is 27.4 Å². The van der Waals surface area contributed by atoms with Crippen LogP contribution in [0.15, 0.2) is 30.0 Å². The molecule has 0 aromatic heterocycles. The number of likely N-dealkylation sites (tertiary alicyclic amines) is 1. The van der Waals surface area contributed by atoms with Crippen LogP contribution >= 0.6 is 0 Å². The number of carbonyl (C=O) groups excluding carboxylic acids is 1. The van der Waals surface area contributed by atoms with Crippen LogP contribution in [0.2, 0.25) is 0 Å². The number of hydrogen-bond acceptors (Lipinski definition) is 7. The number of ether oxygens (including phenoxy) is 4. The summed E-state index contributed by atoms with van der Waals surface area (Å²) in [6.45, 7) is 8.79. The van der Waals surface area contributed by atoms with Gasteiger partial charge in [0.15, 0.2) is 11.5 Å². The van der Waals surface area contributed by atoms with E-state index in [1.54, 1.807) is 20.3 Å². The number of hydrazine groups is 1. The molecular weight excluding hydrogens is 386 g/mol. The lowest BCUT2D eigenvalue weighted by atomic mass is 9.91. The van der Waals surface area contributed by atoms with Crippen molar-refractivity contribution >= 4 is 6.09 Å². The van der Waals surface area contributed by atoms with Crippen molar-refractivity contribution in [1.29, 1.82) is 0 Å². The van der Waals surface area contributed by atoms with Gasteiger partial charge in [-0.2, -0.15) is 0 Å². The summed E-state index contributed by atoms with van der Waals surface area (Å²) in [5, 5.41) is 0. The van der Waals surface area contributed by atoms with E-state index in [2.05, 4.69) is 23.9 Å². The van der Waals surface area contributed by atoms with Crippen LogP contribution in [0.1, 0.15) is 40.5 Å². The highest BCUT2D eigenvalue weighted by atomic mass is 16.6. The summed E-state index contributed by atoms with van der Waals surface area (Å²) >= 11 is 0. The van der Waals surface area contributed by atoms with Gasteiger partial charge in [-0.1, -0.05) is 0 Å². The largest absolute Gasteiger partial charge is 0.493 e. The van der Waals surface area contributed by atoms with Crippen LogP contribution < -0.4 is 25.1 Å². The summed E-state index contributed by atoms with van der Waals surface area (Å²) in [7, 11) is 3.19. The summed E-state index contributed by atoms with van der Waals surface area (Å²) in [6, 6.07) is 5.44. The van der Waals surface area contributed by atoms with Gasteiger partial charge in [-0.25, -0.2) is 10.2 Å². The van der Waals surface area contributed by atoms with E-state index >= 15 is 0 Å². The molecule has 8 heteroatoms. The molecule has 30 heavy (non-hydrogen) atoms. The number of rotatable bonds is 6. The first kappa shape index (κ1) is 22.1. The SMILES string of the molecule is COc1ccc(OCC2=CC(C)([C@@H]3CCCN3C(=O)OC(C)(C)C)NN2)cc1OC. The van der Waals surface area contributed by atoms with Gasteiger partial charge in [-0.05, 0) is 58.7 Å². The lowest BCUT2D eigenvalue weighted by molar-refractivity contribution is 0.0168. The quantitative estimate of drug-likeness (QED) is 0.733. The molecule has 2 N–H and O–H groups in total. The van der Waals surface area contributed by atoms with Gasteiger partial charge in [0.1, 0.15) is 18.0 Å². The number of hydrogen-bond donors (Lipinski definition) is 2. The molecule has 2 aliphatic rings. The first-order valence-corrected chi connectivity index (χ1v) is 10.2. The van der Waals surface area contributed by atoms with Crippen LogP contribution in [0.4, 0.5) is 4.79 Å². The van der Waals surface area contributed by atoms with E-state index in [1.165, 1.54) is 0 Å². The summed E-state index contributed by atoms with van der Waals surface area (Å²) in [4.78, 5) is 14.5. The Morgan fingerprint density at radius 3 is 2.63 bits per heavy atom. The predicted molar refractivity (Wildman–Crippen MR) is 114 cm³/mol. The summed E-state index contributed by atoms with van der Waals surface area (Å²) < 4.78 is 22.1. The van der Waals surface area contributed by atoms with Crippen molar-refractivity contribution in [2.45, 2.75) is 57.7 Å². The fourth-order valence-electron chi connectivity index (χ4n) is 3.90. The normalized spacial score (nSPS) is 23.6. The van der Waals surface area contributed by atoms with Gasteiger partial charge in [-0.15, -0.1) is 0 Å². The monoisotopic (exact) mass is 419 g/mol. The Kier molecular flexibility index (Phi) is 6.36. The molecule has 8 nitrogen and oxygen atoms in total. The van der Waals surface area contributed by atoms with Crippen LogP contribution in [0.3, 0.4) is 0 Å². The molecule has 0 bridgehead atoms. The number of amides is 1. The predicted octanol–water partition coefficient (Wildman–Crippen LogP) is 3.23. The van der Waals surface area contributed by atoms with Crippen molar-refractivity contribution in [3.8, 4) is 17.2 Å². The Hall–Kier alpha value is -2.61. The maximum Gasteiger partial charge on any atom is 0.410 e. The second-order valence-corrected chi connectivity index (χ2v) is 8.84. The van der Waals surface area contributed by atoms with Gasteiger partial charge < -0.3 is 29.3 Å². The molecule has 2 atom stereocenters. The van der Waals surface area contributed by atoms with Gasteiger partial charge in [0, 0.05) is 12.6 Å². The number of methoxy groups -OCH3 is 2. The lowest BCUT2D eigenvalue weighted by Crippen LogP contribution is -2.57. The Balaban J connectivity index is 1.66. The Morgan fingerprint density at radius 2 is 1.97 bits per heavy atom. The van der Waals surface area contributed by atoms with E-state index in [4.69, 9.17) is 18.9 Å². The summed E-state index contributed by atoms with van der Waals surface area (Å²) in [6.07, 6.45) is 3.69. The molecule has 2 aliphatic heterocycles. The molecule has 3 rings (SSSR count). The third-order valence-electron chi connectivity index (χ3n) is 5.29. The molecule has 1 amide bonds. The standard InChI is InChI=1S/C22H33N3O5/c1-21(2,3)30-20(26)25-11-7-8-19(25)22(4)13-15(23-24-22)14-29-16-9-10-17(27-5)18(12-16)28-6/h9-10,12-13,19,23-24H,7-8,11,14H2,1-6H3/t19-,22?/m0/s1. The van der Waals surface area contributed by atoms with Crippen LogP contribution in [-0.4, -0.2) is 55.5 Å². The average Bonchev–Trinajstić information content (AvgIpc) is 3.32. The third kappa shape index (κ3) is 4.92. The van der Waals surface area contributed by atoms with E-state index in [-0.39, 0.29) is 12.1 Å². The van der Waals surface area contributed by atoms with Gasteiger partial charge in [0.25, 0.3) is 0 Å². The molecule has 0 spiro atoms. The molecule has 1 aromatic rings. The van der Waals surface area contributed by atoms with Crippen LogP contribution in [0.5, 0.6) is 17.2 Å². The van der Waals surface area contributed by atoms with Crippen molar-refractivity contribution in [3.63, 3.8) is 0 Å². The second kappa shape index (κ2) is 8.63. The summed E-state index contributed by atoms with van der Waals surface area (Å²) in [5.41, 5.74) is 6.52. The third-order valence-corrected chi connectivity index (χ3v) is 5.29. The van der Waals surface area contributed by atoms with E-state index < -0.39 is 11.1 Å². The fourth-order valence-corrected chi connectivity index (χ4v) is 3.90. The van der Waals surface area contributed by atoms with Gasteiger partial charge in [0.05, 0.1) is 31.5 Å². The van der Waals surface area contributed by atoms with E-state index in [1.807, 2.05) is 37.8 Å². The lowest BCUT2D eigenvalue weighted by Gasteiger charge is -2.37. The molecular formula is C22H33N3O5. The molecule has 0 aliphatic carbocycles. The highest BCUT2D eigenvalue weighted by Gasteiger charge is 2.45. The highest BCUT2D eigenvalue weighted by molar-refractivity contribution is 5.69. The minimum atomic E-state index is -0.513.